The first kappa shape index (κ1) is 15.9. The van der Waals surface area contributed by atoms with Gasteiger partial charge in [-0.3, -0.25) is 9.36 Å². The Morgan fingerprint density at radius 2 is 2.08 bits per heavy atom. The molecule has 0 fully saturated rings. The van der Waals surface area contributed by atoms with Gasteiger partial charge in [0.05, 0.1) is 16.6 Å². The number of pyridine rings is 2. The van der Waals surface area contributed by atoms with Crippen molar-refractivity contribution in [3.63, 3.8) is 0 Å². The van der Waals surface area contributed by atoms with E-state index in [0.717, 1.165) is 22.6 Å². The predicted molar refractivity (Wildman–Crippen MR) is 93.8 cm³/mol. The molecule has 4 aromatic rings. The van der Waals surface area contributed by atoms with Crippen molar-refractivity contribution in [1.82, 2.24) is 30.0 Å². The summed E-state index contributed by atoms with van der Waals surface area (Å²) in [5.41, 5.74) is 2.53. The normalized spacial score (nSPS) is 11.0. The number of nitrogens with one attached hydrogen (secondary N) is 1. The second-order valence-electron chi connectivity index (χ2n) is 5.89. The van der Waals surface area contributed by atoms with Crippen LogP contribution in [0, 0.1) is 13.8 Å². The van der Waals surface area contributed by atoms with Crippen molar-refractivity contribution in [2.75, 3.05) is 0 Å². The summed E-state index contributed by atoms with van der Waals surface area (Å²) in [6.07, 6.45) is 6.77. The molecule has 0 bridgehead atoms. The number of carbonyl (C=O) groups is 1. The zero-order valence-electron chi connectivity index (χ0n) is 14.3. The number of rotatable bonds is 4. The van der Waals surface area contributed by atoms with Crippen molar-refractivity contribution in [3.05, 3.63) is 65.6 Å². The Hall–Kier alpha value is -3.55. The molecule has 130 valence electrons. The summed E-state index contributed by atoms with van der Waals surface area (Å²) in [5, 5.41) is 7.48. The number of nitrogens with zero attached hydrogens (tertiary/aromatic N) is 5. The molecule has 0 aliphatic rings. The molecule has 8 heteroatoms. The van der Waals surface area contributed by atoms with E-state index in [-0.39, 0.29) is 5.91 Å². The molecule has 4 heterocycles. The molecule has 0 atom stereocenters. The lowest BCUT2D eigenvalue weighted by Crippen LogP contribution is -2.23. The number of fused-ring (bicyclic) bond motifs is 1. The van der Waals surface area contributed by atoms with E-state index < -0.39 is 0 Å². The first-order valence-electron chi connectivity index (χ1n) is 8.07. The van der Waals surface area contributed by atoms with Gasteiger partial charge in [-0.15, -0.1) is 0 Å². The smallest absolute Gasteiger partial charge is 0.257 e. The van der Waals surface area contributed by atoms with Gasteiger partial charge in [0, 0.05) is 31.3 Å². The molecule has 0 aromatic carbocycles. The quantitative estimate of drug-likeness (QED) is 0.608. The summed E-state index contributed by atoms with van der Waals surface area (Å²) < 4.78 is 6.95. The molecule has 8 nitrogen and oxygen atoms in total. The molecule has 0 radical (unpaired) electrons. The minimum atomic E-state index is -0.211. The van der Waals surface area contributed by atoms with Gasteiger partial charge in [-0.2, -0.15) is 0 Å². The molecule has 1 N–H and O–H groups in total. The third-order valence-electron chi connectivity index (χ3n) is 4.11. The van der Waals surface area contributed by atoms with Crippen molar-refractivity contribution in [2.45, 2.75) is 20.4 Å². The largest absolute Gasteiger partial charge is 0.348 e. The highest BCUT2D eigenvalue weighted by Gasteiger charge is 2.12. The van der Waals surface area contributed by atoms with Crippen LogP contribution in [-0.2, 0) is 6.54 Å². The van der Waals surface area contributed by atoms with E-state index in [4.69, 9.17) is 4.52 Å². The number of aryl methyl sites for hydroxylation is 2. The van der Waals surface area contributed by atoms with Gasteiger partial charge in [0.1, 0.15) is 11.6 Å². The van der Waals surface area contributed by atoms with Crippen LogP contribution < -0.4 is 5.32 Å². The fraction of sp³-hybridized carbons (Fsp3) is 0.167. The summed E-state index contributed by atoms with van der Waals surface area (Å²) >= 11 is 0. The number of carbonyl (C=O) groups excluding carboxylic acids is 1. The summed E-state index contributed by atoms with van der Waals surface area (Å²) in [6, 6.07) is 5.51. The van der Waals surface area contributed by atoms with Gasteiger partial charge in [-0.05, 0) is 37.6 Å². The topological polar surface area (TPSA) is 98.7 Å². The molecule has 0 aliphatic carbocycles. The van der Waals surface area contributed by atoms with E-state index >= 15 is 0 Å². The lowest BCUT2D eigenvalue weighted by atomic mass is 10.2. The summed E-state index contributed by atoms with van der Waals surface area (Å²) in [4.78, 5) is 25.1. The molecule has 0 saturated carbocycles. The van der Waals surface area contributed by atoms with E-state index in [9.17, 15) is 4.79 Å². The SMILES string of the molecule is Cc1noc2ncc(C(=O)NCc3ccnc(-n4ccnc4C)c3)cc12. The molecule has 0 saturated heterocycles. The maximum absolute atomic E-state index is 12.4. The Morgan fingerprint density at radius 3 is 2.88 bits per heavy atom. The second kappa shape index (κ2) is 6.40. The Morgan fingerprint density at radius 1 is 1.19 bits per heavy atom. The van der Waals surface area contributed by atoms with E-state index in [1.54, 1.807) is 18.5 Å². The zero-order valence-corrected chi connectivity index (χ0v) is 14.3. The second-order valence-corrected chi connectivity index (χ2v) is 5.89. The van der Waals surface area contributed by atoms with Gasteiger partial charge in [0.25, 0.3) is 11.6 Å². The third kappa shape index (κ3) is 2.92. The molecular weight excluding hydrogens is 332 g/mol. The first-order valence-corrected chi connectivity index (χ1v) is 8.07. The molecular formula is C18H16N6O2. The fourth-order valence-corrected chi connectivity index (χ4v) is 2.68. The Balaban J connectivity index is 1.50. The van der Waals surface area contributed by atoms with Gasteiger partial charge < -0.3 is 9.84 Å². The molecule has 0 spiro atoms. The maximum atomic E-state index is 12.4. The molecule has 4 rings (SSSR count). The lowest BCUT2D eigenvalue weighted by molar-refractivity contribution is 0.0950. The molecule has 1 amide bonds. The van der Waals surface area contributed by atoms with Crippen molar-refractivity contribution >= 4 is 17.0 Å². The zero-order chi connectivity index (χ0) is 18.1. The van der Waals surface area contributed by atoms with Gasteiger partial charge in [-0.25, -0.2) is 15.0 Å². The Bertz CT molecular complexity index is 1100. The highest BCUT2D eigenvalue weighted by Crippen LogP contribution is 2.17. The van der Waals surface area contributed by atoms with Gasteiger partial charge in [0.2, 0.25) is 0 Å². The Labute approximate surface area is 148 Å². The molecule has 4 aromatic heterocycles. The van der Waals surface area contributed by atoms with Crippen LogP contribution in [0.5, 0.6) is 0 Å². The van der Waals surface area contributed by atoms with E-state index in [1.807, 2.05) is 36.7 Å². The number of amides is 1. The van der Waals surface area contributed by atoms with Crippen LogP contribution in [0.15, 0.2) is 47.5 Å². The van der Waals surface area contributed by atoms with Crippen molar-refractivity contribution in [1.29, 1.82) is 0 Å². The van der Waals surface area contributed by atoms with Crippen molar-refractivity contribution in [3.8, 4) is 5.82 Å². The molecule has 26 heavy (non-hydrogen) atoms. The summed E-state index contributed by atoms with van der Waals surface area (Å²) in [6.45, 7) is 4.10. The average molecular weight is 348 g/mol. The summed E-state index contributed by atoms with van der Waals surface area (Å²) in [5.74, 6) is 1.40. The highest BCUT2D eigenvalue weighted by molar-refractivity contribution is 5.96. The maximum Gasteiger partial charge on any atom is 0.257 e. The standard InChI is InChI=1S/C18H16N6O2/c1-11-15-8-14(10-22-18(15)26-23-11)17(25)21-9-13-3-4-20-16(7-13)24-6-5-19-12(24)2/h3-8,10H,9H2,1-2H3,(H,21,25). The lowest BCUT2D eigenvalue weighted by Gasteiger charge is -2.08. The number of hydrogen-bond donors (Lipinski definition) is 1. The minimum Gasteiger partial charge on any atom is -0.348 e. The molecule has 0 aliphatic heterocycles. The van der Waals surface area contributed by atoms with Crippen molar-refractivity contribution in [2.24, 2.45) is 0 Å². The Kier molecular flexibility index (Phi) is 3.92. The fourth-order valence-electron chi connectivity index (χ4n) is 2.68. The average Bonchev–Trinajstić information content (AvgIpc) is 3.25. The predicted octanol–water partition coefficient (Wildman–Crippen LogP) is 2.35. The minimum absolute atomic E-state index is 0.211. The van der Waals surface area contributed by atoms with Gasteiger partial charge in [0.15, 0.2) is 0 Å². The van der Waals surface area contributed by atoms with Crippen molar-refractivity contribution < 1.29 is 9.32 Å². The third-order valence-corrected chi connectivity index (χ3v) is 4.11. The molecule has 0 unspecified atom stereocenters. The van der Waals surface area contributed by atoms with E-state index in [1.165, 1.54) is 6.20 Å². The van der Waals surface area contributed by atoms with Crippen LogP contribution in [0.2, 0.25) is 0 Å². The monoisotopic (exact) mass is 348 g/mol. The van der Waals surface area contributed by atoms with Gasteiger partial charge in [-0.1, -0.05) is 5.16 Å². The van der Waals surface area contributed by atoms with Gasteiger partial charge >= 0.3 is 0 Å². The van der Waals surface area contributed by atoms with Crippen LogP contribution in [0.25, 0.3) is 16.9 Å². The van der Waals surface area contributed by atoms with Crippen LogP contribution in [0.3, 0.4) is 0 Å². The van der Waals surface area contributed by atoms with E-state index in [0.29, 0.717) is 23.5 Å². The summed E-state index contributed by atoms with van der Waals surface area (Å²) in [7, 11) is 0. The van der Waals surface area contributed by atoms with Crippen LogP contribution in [0.4, 0.5) is 0 Å². The number of hydrogen-bond acceptors (Lipinski definition) is 6. The number of aromatic nitrogens is 5. The number of imidazole rings is 1. The van der Waals surface area contributed by atoms with Crippen LogP contribution >= 0.6 is 0 Å². The van der Waals surface area contributed by atoms with Crippen LogP contribution in [0.1, 0.15) is 27.4 Å². The van der Waals surface area contributed by atoms with E-state index in [2.05, 4.69) is 25.4 Å². The van der Waals surface area contributed by atoms with Crippen LogP contribution in [-0.4, -0.2) is 30.6 Å². The highest BCUT2D eigenvalue weighted by atomic mass is 16.5. The first-order chi connectivity index (χ1) is 12.6.